The van der Waals surface area contributed by atoms with E-state index in [1.807, 2.05) is 55.0 Å². The molecule has 1 aliphatic heterocycles. The van der Waals surface area contributed by atoms with E-state index >= 15 is 0 Å². The van der Waals surface area contributed by atoms with Crippen molar-refractivity contribution < 1.29 is 0 Å². The maximum Gasteiger partial charge on any atom is 0.100 e. The number of nitriles is 1. The molecule has 0 aliphatic carbocycles. The summed E-state index contributed by atoms with van der Waals surface area (Å²) in [4.78, 5) is 9.28. The van der Waals surface area contributed by atoms with Gasteiger partial charge in [0.25, 0.3) is 0 Å². The SMILES string of the molecule is N#Cc1c2ccccc2c(C2=CNC(c3ccc(-c4cccc(-n5c6ccccc6c6cnccc65)c4)cn3)C=C2)c2ccccc12. The molecule has 1 unspecified atom stereocenters. The highest BCUT2D eigenvalue weighted by Crippen LogP contribution is 2.38. The number of dihydropyridines is 1. The first-order valence-corrected chi connectivity index (χ1v) is 15.7. The maximum absolute atomic E-state index is 10.0. The van der Waals surface area contributed by atoms with Crippen molar-refractivity contribution in [1.82, 2.24) is 19.9 Å². The number of nitrogens with one attached hydrogen (secondary N) is 1. The lowest BCUT2D eigenvalue weighted by Crippen LogP contribution is -2.17. The number of rotatable bonds is 4. The topological polar surface area (TPSA) is 66.5 Å². The van der Waals surface area contributed by atoms with Gasteiger partial charge in [0.1, 0.15) is 6.07 Å². The quantitative estimate of drug-likeness (QED) is 0.204. The van der Waals surface area contributed by atoms with Crippen molar-refractivity contribution in [3.8, 4) is 22.9 Å². The molecule has 0 saturated heterocycles. The molecule has 5 aromatic carbocycles. The Kier molecular flexibility index (Phi) is 6.19. The van der Waals surface area contributed by atoms with Gasteiger partial charge in [-0.2, -0.15) is 5.26 Å². The fourth-order valence-electron chi connectivity index (χ4n) is 7.06. The molecule has 8 aromatic rings. The number of pyridine rings is 2. The molecule has 9 rings (SSSR count). The Morgan fingerprint density at radius 1 is 0.660 bits per heavy atom. The van der Waals surface area contributed by atoms with Gasteiger partial charge in [-0.3, -0.25) is 9.97 Å². The van der Waals surface area contributed by atoms with Crippen LogP contribution in [0.15, 0.2) is 152 Å². The zero-order chi connectivity index (χ0) is 31.3. The van der Waals surface area contributed by atoms with Crippen LogP contribution >= 0.6 is 0 Å². The molecule has 0 spiro atoms. The normalized spacial score (nSPS) is 14.4. The third-order valence-electron chi connectivity index (χ3n) is 9.24. The molecule has 220 valence electrons. The lowest BCUT2D eigenvalue weighted by Gasteiger charge is -2.21. The van der Waals surface area contributed by atoms with Crippen molar-refractivity contribution in [2.24, 2.45) is 0 Å². The third-order valence-corrected chi connectivity index (χ3v) is 9.24. The van der Waals surface area contributed by atoms with Crippen molar-refractivity contribution in [3.05, 3.63) is 169 Å². The van der Waals surface area contributed by atoms with Crippen LogP contribution in [0.4, 0.5) is 0 Å². The zero-order valence-corrected chi connectivity index (χ0v) is 25.3. The molecular formula is C42H27N5. The molecule has 1 atom stereocenters. The molecule has 0 saturated carbocycles. The van der Waals surface area contributed by atoms with Gasteiger partial charge in [-0.25, -0.2) is 0 Å². The van der Waals surface area contributed by atoms with Gasteiger partial charge in [-0.05, 0) is 57.8 Å². The van der Waals surface area contributed by atoms with Gasteiger partial charge in [-0.15, -0.1) is 0 Å². The summed E-state index contributed by atoms with van der Waals surface area (Å²) in [5.74, 6) is 0. The van der Waals surface area contributed by atoms with Crippen LogP contribution in [0.2, 0.25) is 0 Å². The van der Waals surface area contributed by atoms with E-state index in [0.29, 0.717) is 5.56 Å². The first-order valence-electron chi connectivity index (χ1n) is 15.7. The lowest BCUT2D eigenvalue weighted by atomic mass is 9.88. The Labute approximate surface area is 271 Å². The number of para-hydroxylation sites is 1. The maximum atomic E-state index is 10.0. The Morgan fingerprint density at radius 3 is 2.09 bits per heavy atom. The molecule has 0 radical (unpaired) electrons. The number of hydrogen-bond donors (Lipinski definition) is 1. The predicted molar refractivity (Wildman–Crippen MR) is 191 cm³/mol. The van der Waals surface area contributed by atoms with E-state index in [1.54, 1.807) is 0 Å². The number of benzene rings is 5. The van der Waals surface area contributed by atoms with E-state index in [9.17, 15) is 5.26 Å². The van der Waals surface area contributed by atoms with Gasteiger partial charge < -0.3 is 9.88 Å². The second-order valence-corrected chi connectivity index (χ2v) is 11.8. The molecule has 5 heteroatoms. The van der Waals surface area contributed by atoms with Crippen LogP contribution in [0.5, 0.6) is 0 Å². The molecule has 3 aromatic heterocycles. The molecule has 1 aliphatic rings. The van der Waals surface area contributed by atoms with E-state index in [0.717, 1.165) is 71.6 Å². The minimum absolute atomic E-state index is 0.0544. The summed E-state index contributed by atoms with van der Waals surface area (Å²) >= 11 is 0. The van der Waals surface area contributed by atoms with Crippen LogP contribution in [0, 0.1) is 11.3 Å². The number of nitrogens with zero attached hydrogens (tertiary/aromatic N) is 4. The number of hydrogen-bond acceptors (Lipinski definition) is 4. The van der Waals surface area contributed by atoms with Crippen LogP contribution in [0.1, 0.15) is 22.9 Å². The molecule has 1 N–H and O–H groups in total. The van der Waals surface area contributed by atoms with Crippen LogP contribution < -0.4 is 5.32 Å². The Balaban J connectivity index is 1.03. The van der Waals surface area contributed by atoms with E-state index in [-0.39, 0.29) is 6.04 Å². The second-order valence-electron chi connectivity index (χ2n) is 11.8. The fraction of sp³-hybridized carbons (Fsp3) is 0.0238. The molecule has 4 heterocycles. The van der Waals surface area contributed by atoms with Gasteiger partial charge in [0.05, 0.1) is 28.3 Å². The van der Waals surface area contributed by atoms with Gasteiger partial charge >= 0.3 is 0 Å². The molecular weight excluding hydrogens is 574 g/mol. The monoisotopic (exact) mass is 601 g/mol. The molecule has 0 fully saturated rings. The minimum Gasteiger partial charge on any atom is -0.379 e. The first kappa shape index (κ1) is 26.9. The molecule has 47 heavy (non-hydrogen) atoms. The van der Waals surface area contributed by atoms with Gasteiger partial charge in [0.2, 0.25) is 0 Å². The van der Waals surface area contributed by atoms with E-state index in [2.05, 4.69) is 118 Å². The average molecular weight is 602 g/mol. The molecule has 5 nitrogen and oxygen atoms in total. The van der Waals surface area contributed by atoms with Gasteiger partial charge in [0.15, 0.2) is 0 Å². The Hall–Kier alpha value is -6.51. The summed E-state index contributed by atoms with van der Waals surface area (Å²) in [6.45, 7) is 0. The molecule has 0 amide bonds. The largest absolute Gasteiger partial charge is 0.379 e. The highest BCUT2D eigenvalue weighted by atomic mass is 15.0. The van der Waals surface area contributed by atoms with Crippen molar-refractivity contribution >= 4 is 48.9 Å². The van der Waals surface area contributed by atoms with Crippen molar-refractivity contribution in [2.45, 2.75) is 6.04 Å². The summed E-state index contributed by atoms with van der Waals surface area (Å²) in [7, 11) is 0. The highest BCUT2D eigenvalue weighted by molar-refractivity contribution is 6.14. The average Bonchev–Trinajstić information content (AvgIpc) is 3.48. The summed E-state index contributed by atoms with van der Waals surface area (Å²) in [6.07, 6.45) is 12.2. The predicted octanol–water partition coefficient (Wildman–Crippen LogP) is 9.66. The summed E-state index contributed by atoms with van der Waals surface area (Å²) < 4.78 is 2.30. The number of aromatic nitrogens is 3. The smallest absolute Gasteiger partial charge is 0.100 e. The van der Waals surface area contributed by atoms with Gasteiger partial charge in [0, 0.05) is 57.6 Å². The number of allylic oxidation sites excluding steroid dienone is 2. The van der Waals surface area contributed by atoms with E-state index in [4.69, 9.17) is 4.98 Å². The summed E-state index contributed by atoms with van der Waals surface area (Å²) in [5.41, 5.74) is 9.42. The second kappa shape index (κ2) is 10.8. The van der Waals surface area contributed by atoms with E-state index < -0.39 is 0 Å². The summed E-state index contributed by atoms with van der Waals surface area (Å²) in [5, 5.41) is 20.0. The fourth-order valence-corrected chi connectivity index (χ4v) is 7.06. The summed E-state index contributed by atoms with van der Waals surface area (Å²) in [6, 6.07) is 42.1. The highest BCUT2D eigenvalue weighted by Gasteiger charge is 2.19. The minimum atomic E-state index is -0.0544. The van der Waals surface area contributed by atoms with Crippen LogP contribution in [0.3, 0.4) is 0 Å². The van der Waals surface area contributed by atoms with Crippen molar-refractivity contribution in [3.63, 3.8) is 0 Å². The Bertz CT molecular complexity index is 2510. The third kappa shape index (κ3) is 4.31. The first-order chi connectivity index (χ1) is 23.3. The van der Waals surface area contributed by atoms with Crippen LogP contribution in [-0.2, 0) is 0 Å². The van der Waals surface area contributed by atoms with Crippen LogP contribution in [-0.4, -0.2) is 14.5 Å². The lowest BCUT2D eigenvalue weighted by molar-refractivity contribution is 0.724. The zero-order valence-electron chi connectivity index (χ0n) is 25.3. The number of fused-ring (bicyclic) bond motifs is 5. The van der Waals surface area contributed by atoms with Gasteiger partial charge in [-0.1, -0.05) is 97.1 Å². The molecule has 0 bridgehead atoms. The van der Waals surface area contributed by atoms with Crippen molar-refractivity contribution in [2.75, 3.05) is 0 Å². The van der Waals surface area contributed by atoms with E-state index in [1.165, 1.54) is 5.39 Å². The Morgan fingerprint density at radius 2 is 1.38 bits per heavy atom. The standard InChI is InChI=1S/C42H27N5/c43-23-36-31-10-1-3-13-34(31)42(35-14-4-2-11-32(35)36)29-17-19-39(46-25-29)38-18-16-28(24-45-38)27-8-7-9-30(22-27)47-40-15-6-5-12-33(40)37-26-44-21-20-41(37)47/h1-22,24-26,39,46H. The van der Waals surface area contributed by atoms with Crippen LogP contribution in [0.25, 0.3) is 65.7 Å². The van der Waals surface area contributed by atoms with Crippen molar-refractivity contribution in [1.29, 1.82) is 5.26 Å².